The van der Waals surface area contributed by atoms with Crippen LogP contribution >= 0.6 is 0 Å². The lowest BCUT2D eigenvalue weighted by atomic mass is 9.51. The summed E-state index contributed by atoms with van der Waals surface area (Å²) in [5.41, 5.74) is 14.8. The summed E-state index contributed by atoms with van der Waals surface area (Å²) in [5, 5.41) is 2.52. The van der Waals surface area contributed by atoms with E-state index in [9.17, 15) is 0 Å². The molecule has 0 radical (unpaired) electrons. The Labute approximate surface area is 302 Å². The van der Waals surface area contributed by atoms with E-state index < -0.39 is 0 Å². The second-order valence-corrected chi connectivity index (χ2v) is 13.6. The topological polar surface area (TPSA) is 23.4 Å². The molecule has 3 nitrogen and oxygen atoms in total. The lowest BCUT2D eigenvalue weighted by Gasteiger charge is -2.33. The summed E-state index contributed by atoms with van der Waals surface area (Å²) in [7, 11) is 0. The molecule has 0 saturated carbocycles. The minimum absolute atomic E-state index is 0.270. The van der Waals surface area contributed by atoms with Crippen LogP contribution in [-0.4, -0.2) is 11.5 Å². The van der Waals surface area contributed by atoms with Gasteiger partial charge in [0.25, 0.3) is 0 Å². The summed E-state index contributed by atoms with van der Waals surface area (Å²) in [6.07, 6.45) is 0. The molecule has 0 amide bonds. The molecule has 0 spiro atoms. The van der Waals surface area contributed by atoms with Gasteiger partial charge in [0.05, 0.1) is 11.0 Å². The summed E-state index contributed by atoms with van der Waals surface area (Å²) in [5.74, 6) is 2.55. The van der Waals surface area contributed by atoms with Gasteiger partial charge in [0.15, 0.2) is 0 Å². The van der Waals surface area contributed by atoms with E-state index in [0.29, 0.717) is 0 Å². The highest BCUT2D eigenvalue weighted by Gasteiger charge is 2.40. The van der Waals surface area contributed by atoms with Crippen molar-refractivity contribution >= 4 is 39.6 Å². The van der Waals surface area contributed by atoms with E-state index >= 15 is 0 Å². The number of hydrogen-bond acceptors (Lipinski definition) is 2. The minimum atomic E-state index is -0.270. The first-order valence-electron chi connectivity index (χ1n) is 17.8. The van der Waals surface area contributed by atoms with Gasteiger partial charge in [-0.1, -0.05) is 140 Å². The average Bonchev–Trinajstić information content (AvgIpc) is 3.55. The van der Waals surface area contributed by atoms with E-state index in [1.54, 1.807) is 0 Å². The normalized spacial score (nSPS) is 12.5. The van der Waals surface area contributed by atoms with Crippen LogP contribution in [0.5, 0.6) is 17.2 Å². The van der Waals surface area contributed by atoms with Crippen molar-refractivity contribution in [3.8, 4) is 67.4 Å². The summed E-state index contributed by atoms with van der Waals surface area (Å²) in [6.45, 7) is -0.270. The molecule has 0 saturated heterocycles. The third-order valence-electron chi connectivity index (χ3n) is 10.7. The Bertz CT molecular complexity index is 2800. The zero-order valence-electron chi connectivity index (χ0n) is 28.2. The number of nitrogens with zero attached hydrogens (tertiary/aromatic N) is 1. The van der Waals surface area contributed by atoms with Gasteiger partial charge in [-0.2, -0.15) is 0 Å². The predicted octanol–water partition coefficient (Wildman–Crippen LogP) is 11.1. The van der Waals surface area contributed by atoms with Crippen LogP contribution in [0.4, 0.5) is 0 Å². The van der Waals surface area contributed by atoms with Crippen LogP contribution in [-0.2, 0) is 0 Å². The van der Waals surface area contributed by atoms with Gasteiger partial charge in [-0.05, 0) is 81.4 Å². The number of hydrogen-bond donors (Lipinski definition) is 0. The van der Waals surface area contributed by atoms with Gasteiger partial charge in [-0.15, -0.1) is 0 Å². The SMILES string of the molecule is c1ccc(-c2ccccc2-c2ccc3c(c2)OB2c4ccc(-c5ccc(-n6c7ccccc7c7ccccc76)cc5)cc4Oc4cccc-3c42)cc1. The molecule has 4 heteroatoms. The number of benzene rings is 8. The third-order valence-corrected chi connectivity index (χ3v) is 10.7. The Morgan fingerprint density at radius 3 is 1.77 bits per heavy atom. The van der Waals surface area contributed by atoms with Crippen LogP contribution in [0.25, 0.3) is 72.0 Å². The molecular weight excluding hydrogens is 633 g/mol. The van der Waals surface area contributed by atoms with Gasteiger partial charge in [0, 0.05) is 32.9 Å². The third kappa shape index (κ3) is 4.41. The van der Waals surface area contributed by atoms with Crippen molar-refractivity contribution in [1.29, 1.82) is 0 Å². The zero-order chi connectivity index (χ0) is 34.2. The van der Waals surface area contributed by atoms with Crippen LogP contribution in [0.3, 0.4) is 0 Å². The second-order valence-electron chi connectivity index (χ2n) is 13.6. The highest BCUT2D eigenvalue weighted by Crippen LogP contribution is 2.43. The molecule has 0 bridgehead atoms. The quantitative estimate of drug-likeness (QED) is 0.175. The maximum Gasteiger partial charge on any atom is 0.434 e. The van der Waals surface area contributed by atoms with Gasteiger partial charge in [-0.3, -0.25) is 0 Å². The molecule has 3 heterocycles. The summed E-state index contributed by atoms with van der Waals surface area (Å²) >= 11 is 0. The molecule has 8 aromatic carbocycles. The first-order chi connectivity index (χ1) is 25.8. The van der Waals surface area contributed by atoms with Crippen molar-refractivity contribution in [1.82, 2.24) is 4.57 Å². The first-order valence-corrected chi connectivity index (χ1v) is 17.8. The Kier molecular flexibility index (Phi) is 6.35. The predicted molar refractivity (Wildman–Crippen MR) is 215 cm³/mol. The molecule has 0 fully saturated rings. The fourth-order valence-corrected chi connectivity index (χ4v) is 8.30. The van der Waals surface area contributed by atoms with Crippen molar-refractivity contribution in [3.63, 3.8) is 0 Å². The average molecular weight is 664 g/mol. The van der Waals surface area contributed by atoms with E-state index in [4.69, 9.17) is 9.39 Å². The smallest absolute Gasteiger partial charge is 0.434 e. The molecule has 1 aromatic heterocycles. The first kappa shape index (κ1) is 29.0. The van der Waals surface area contributed by atoms with E-state index in [2.05, 4.69) is 187 Å². The van der Waals surface area contributed by atoms with Gasteiger partial charge in [-0.25, -0.2) is 0 Å². The maximum absolute atomic E-state index is 6.96. The largest absolute Gasteiger partial charge is 0.551 e. The molecule has 11 rings (SSSR count). The van der Waals surface area contributed by atoms with Crippen LogP contribution in [0, 0.1) is 0 Å². The molecule has 2 aliphatic rings. The number of rotatable bonds is 4. The lowest BCUT2D eigenvalue weighted by molar-refractivity contribution is 0.479. The standard InChI is InChI=1S/C48H30BNO2/c1-2-11-32(12-3-1)36-13-4-5-14-37(36)34-23-27-40-41-17-10-20-45-48(41)49(52-46(40)30-34)42-28-24-33(29-47(42)51-45)31-21-25-35(26-22-31)50-43-18-8-6-15-38(43)39-16-7-9-19-44(39)50/h1-30H. The van der Waals surface area contributed by atoms with Crippen LogP contribution in [0.15, 0.2) is 182 Å². The second kappa shape index (κ2) is 11.4. The minimum Gasteiger partial charge on any atom is -0.551 e. The van der Waals surface area contributed by atoms with E-state index in [0.717, 1.165) is 61.7 Å². The monoisotopic (exact) mass is 663 g/mol. The molecule has 0 atom stereocenters. The summed E-state index contributed by atoms with van der Waals surface area (Å²) in [6, 6.07) is 64.7. The molecule has 0 unspecified atom stereocenters. The van der Waals surface area contributed by atoms with Crippen LogP contribution in [0.1, 0.15) is 0 Å². The van der Waals surface area contributed by atoms with Gasteiger partial charge in [0.1, 0.15) is 17.2 Å². The fraction of sp³-hybridized carbons (Fsp3) is 0. The molecule has 242 valence electrons. The van der Waals surface area contributed by atoms with E-state index in [1.165, 1.54) is 38.5 Å². The van der Waals surface area contributed by atoms with Crippen molar-refractivity contribution in [2.75, 3.05) is 0 Å². The summed E-state index contributed by atoms with van der Waals surface area (Å²) < 4.78 is 16.0. The van der Waals surface area contributed by atoms with Crippen molar-refractivity contribution in [2.45, 2.75) is 0 Å². The molecule has 52 heavy (non-hydrogen) atoms. The fourth-order valence-electron chi connectivity index (χ4n) is 8.30. The Morgan fingerprint density at radius 2 is 1.00 bits per heavy atom. The molecule has 2 aliphatic heterocycles. The van der Waals surface area contributed by atoms with E-state index in [1.807, 2.05) is 0 Å². The zero-order valence-corrected chi connectivity index (χ0v) is 28.2. The Morgan fingerprint density at radius 1 is 0.385 bits per heavy atom. The highest BCUT2D eigenvalue weighted by molar-refractivity contribution is 6.84. The van der Waals surface area contributed by atoms with Crippen LogP contribution in [0.2, 0.25) is 0 Å². The van der Waals surface area contributed by atoms with Gasteiger partial charge >= 0.3 is 6.92 Å². The summed E-state index contributed by atoms with van der Waals surface area (Å²) in [4.78, 5) is 0. The van der Waals surface area contributed by atoms with Gasteiger partial charge < -0.3 is 14.0 Å². The van der Waals surface area contributed by atoms with Crippen molar-refractivity contribution < 1.29 is 9.39 Å². The van der Waals surface area contributed by atoms with E-state index in [-0.39, 0.29) is 6.92 Å². The number of ether oxygens (including phenoxy) is 1. The maximum atomic E-state index is 6.96. The lowest BCUT2D eigenvalue weighted by Crippen LogP contribution is -2.53. The molecule has 0 aliphatic carbocycles. The molecule has 0 N–H and O–H groups in total. The number of aromatic nitrogens is 1. The van der Waals surface area contributed by atoms with Gasteiger partial charge in [0.2, 0.25) is 0 Å². The molecule has 9 aromatic rings. The Hall–Kier alpha value is -6.78. The highest BCUT2D eigenvalue weighted by atomic mass is 16.5. The number of fused-ring (bicyclic) bond motifs is 7. The van der Waals surface area contributed by atoms with Crippen molar-refractivity contribution in [3.05, 3.63) is 182 Å². The van der Waals surface area contributed by atoms with Crippen LogP contribution < -0.4 is 20.3 Å². The Balaban J connectivity index is 0.958. The number of para-hydroxylation sites is 2. The molecular formula is C48H30BNO2. The van der Waals surface area contributed by atoms with Crippen molar-refractivity contribution in [2.24, 2.45) is 0 Å².